The van der Waals surface area contributed by atoms with Gasteiger partial charge in [-0.15, -0.1) is 0 Å². The van der Waals surface area contributed by atoms with Crippen LogP contribution in [0.3, 0.4) is 0 Å². The van der Waals surface area contributed by atoms with Gasteiger partial charge in [0, 0.05) is 32.6 Å². The maximum atomic E-state index is 12.0. The number of carbonyl (C=O) groups is 2. The smallest absolute Gasteiger partial charge is 0.316 e. The first-order valence-corrected chi connectivity index (χ1v) is 6.40. The van der Waals surface area contributed by atoms with Gasteiger partial charge in [0.25, 0.3) is 0 Å². The summed E-state index contributed by atoms with van der Waals surface area (Å²) >= 11 is 0. The summed E-state index contributed by atoms with van der Waals surface area (Å²) in [4.78, 5) is 24.8. The van der Waals surface area contributed by atoms with Crippen LogP contribution in [0.4, 0.5) is 4.79 Å². The molecule has 18 heavy (non-hydrogen) atoms. The average Bonchev–Trinajstić information content (AvgIpc) is 2.34. The fourth-order valence-electron chi connectivity index (χ4n) is 1.92. The molecule has 0 unspecified atom stereocenters. The Morgan fingerprint density at radius 2 is 1.72 bits per heavy atom. The summed E-state index contributed by atoms with van der Waals surface area (Å²) in [6.45, 7) is 4.71. The Hall–Kier alpha value is -1.30. The molecule has 0 aromatic rings. The third-order valence-electron chi connectivity index (χ3n) is 3.35. The highest BCUT2D eigenvalue weighted by molar-refractivity contribution is 5.82. The number of nitrogens with one attached hydrogen (secondary N) is 3. The van der Waals surface area contributed by atoms with Crippen LogP contribution >= 0.6 is 0 Å². The number of hydrogen-bond acceptors (Lipinski definition) is 3. The quantitative estimate of drug-likeness (QED) is 0.608. The topological polar surface area (TPSA) is 73.5 Å². The van der Waals surface area contributed by atoms with Crippen LogP contribution in [-0.2, 0) is 4.79 Å². The zero-order valence-corrected chi connectivity index (χ0v) is 11.5. The Labute approximate surface area is 108 Å². The lowest BCUT2D eigenvalue weighted by molar-refractivity contribution is -0.131. The third-order valence-corrected chi connectivity index (χ3v) is 3.35. The van der Waals surface area contributed by atoms with E-state index in [1.54, 1.807) is 14.1 Å². The largest absolute Gasteiger partial charge is 0.354 e. The molecule has 0 atom stereocenters. The summed E-state index contributed by atoms with van der Waals surface area (Å²) in [5.74, 6) is 0.0862. The molecule has 1 saturated heterocycles. The molecule has 0 spiro atoms. The molecule has 3 amide bonds. The second-order valence-corrected chi connectivity index (χ2v) is 5.19. The highest BCUT2D eigenvalue weighted by Crippen LogP contribution is 2.27. The number of carbonyl (C=O) groups excluding carboxylic acids is 2. The van der Waals surface area contributed by atoms with Gasteiger partial charge in [-0.3, -0.25) is 4.79 Å². The van der Waals surface area contributed by atoms with E-state index in [-0.39, 0.29) is 17.4 Å². The van der Waals surface area contributed by atoms with Crippen LogP contribution in [0.5, 0.6) is 0 Å². The molecule has 0 bridgehead atoms. The van der Waals surface area contributed by atoms with E-state index >= 15 is 0 Å². The van der Waals surface area contributed by atoms with Gasteiger partial charge < -0.3 is 20.9 Å². The molecule has 1 aliphatic rings. The number of amides is 3. The van der Waals surface area contributed by atoms with Gasteiger partial charge in [-0.05, 0) is 25.9 Å². The van der Waals surface area contributed by atoms with Crippen molar-refractivity contribution in [3.05, 3.63) is 0 Å². The van der Waals surface area contributed by atoms with Crippen molar-refractivity contribution in [2.75, 3.05) is 40.3 Å². The van der Waals surface area contributed by atoms with Gasteiger partial charge in [-0.25, -0.2) is 4.79 Å². The van der Waals surface area contributed by atoms with E-state index < -0.39 is 0 Å². The summed E-state index contributed by atoms with van der Waals surface area (Å²) in [5, 5.41) is 8.85. The van der Waals surface area contributed by atoms with E-state index in [1.807, 2.05) is 6.92 Å². The van der Waals surface area contributed by atoms with Crippen molar-refractivity contribution in [2.24, 2.45) is 5.41 Å². The minimum absolute atomic E-state index is 0.0862. The molecule has 0 aromatic carbocycles. The molecule has 104 valence electrons. The van der Waals surface area contributed by atoms with Crippen LogP contribution < -0.4 is 16.0 Å². The van der Waals surface area contributed by atoms with Gasteiger partial charge in [0.15, 0.2) is 0 Å². The molecule has 0 aliphatic carbocycles. The fraction of sp³-hybridized carbons (Fsp3) is 0.833. The predicted molar refractivity (Wildman–Crippen MR) is 70.3 cm³/mol. The monoisotopic (exact) mass is 256 g/mol. The van der Waals surface area contributed by atoms with Crippen LogP contribution in [0.25, 0.3) is 0 Å². The van der Waals surface area contributed by atoms with E-state index in [2.05, 4.69) is 16.0 Å². The van der Waals surface area contributed by atoms with Crippen LogP contribution in [0.15, 0.2) is 0 Å². The van der Waals surface area contributed by atoms with Crippen molar-refractivity contribution in [3.63, 3.8) is 0 Å². The first kappa shape index (κ1) is 14.8. The minimum atomic E-state index is -0.267. The third kappa shape index (κ3) is 4.18. The molecule has 3 N–H and O–H groups in total. The van der Waals surface area contributed by atoms with Gasteiger partial charge in [0.05, 0.1) is 0 Å². The van der Waals surface area contributed by atoms with Gasteiger partial charge in [-0.1, -0.05) is 6.92 Å². The van der Waals surface area contributed by atoms with Crippen LogP contribution in [0.1, 0.15) is 19.8 Å². The van der Waals surface area contributed by atoms with Crippen molar-refractivity contribution in [1.29, 1.82) is 0 Å². The van der Waals surface area contributed by atoms with Crippen molar-refractivity contribution in [2.45, 2.75) is 19.8 Å². The van der Waals surface area contributed by atoms with Crippen LogP contribution in [0.2, 0.25) is 0 Å². The van der Waals surface area contributed by atoms with E-state index in [9.17, 15) is 9.59 Å². The maximum Gasteiger partial charge on any atom is 0.316 e. The van der Waals surface area contributed by atoms with Crippen LogP contribution in [0, 0.1) is 5.41 Å². The maximum absolute atomic E-state index is 12.0. The van der Waals surface area contributed by atoms with E-state index in [0.29, 0.717) is 13.1 Å². The van der Waals surface area contributed by atoms with E-state index in [4.69, 9.17) is 0 Å². The molecule has 0 saturated carbocycles. The highest BCUT2D eigenvalue weighted by Gasteiger charge is 2.33. The first-order chi connectivity index (χ1) is 8.46. The molecule has 1 aliphatic heterocycles. The Balaban J connectivity index is 2.22. The Morgan fingerprint density at radius 1 is 1.17 bits per heavy atom. The predicted octanol–water partition coefficient (Wildman–Crippen LogP) is -0.236. The summed E-state index contributed by atoms with van der Waals surface area (Å²) in [5.41, 5.74) is -0.267. The van der Waals surface area contributed by atoms with Gasteiger partial charge in [0.2, 0.25) is 5.91 Å². The van der Waals surface area contributed by atoms with Gasteiger partial charge in [0.1, 0.15) is 0 Å². The number of piperidine rings is 1. The molecular weight excluding hydrogens is 232 g/mol. The van der Waals surface area contributed by atoms with E-state index in [0.717, 1.165) is 25.9 Å². The molecule has 1 heterocycles. The molecule has 0 radical (unpaired) electrons. The average molecular weight is 256 g/mol. The molecule has 0 aromatic heterocycles. The number of nitrogens with zero attached hydrogens (tertiary/aromatic N) is 1. The SMILES string of the molecule is CN(C)C(=O)NCCNC(=O)C1(C)CCNCC1. The Morgan fingerprint density at radius 3 is 2.28 bits per heavy atom. The number of rotatable bonds is 4. The van der Waals surface area contributed by atoms with Gasteiger partial charge in [-0.2, -0.15) is 0 Å². The van der Waals surface area contributed by atoms with Crippen LogP contribution in [-0.4, -0.2) is 57.1 Å². The number of hydrogen-bond donors (Lipinski definition) is 3. The highest BCUT2D eigenvalue weighted by atomic mass is 16.2. The first-order valence-electron chi connectivity index (χ1n) is 6.40. The molecular formula is C12H24N4O2. The minimum Gasteiger partial charge on any atom is -0.354 e. The summed E-state index contributed by atoms with van der Waals surface area (Å²) < 4.78 is 0. The van der Waals surface area contributed by atoms with Crippen molar-refractivity contribution < 1.29 is 9.59 Å². The zero-order valence-electron chi connectivity index (χ0n) is 11.5. The van der Waals surface area contributed by atoms with Gasteiger partial charge >= 0.3 is 6.03 Å². The van der Waals surface area contributed by atoms with Crippen molar-refractivity contribution in [3.8, 4) is 0 Å². The fourth-order valence-corrected chi connectivity index (χ4v) is 1.92. The zero-order chi connectivity index (χ0) is 13.6. The second-order valence-electron chi connectivity index (χ2n) is 5.19. The molecule has 1 rings (SSSR count). The van der Waals surface area contributed by atoms with Crippen molar-refractivity contribution in [1.82, 2.24) is 20.9 Å². The Kier molecular flexibility index (Phi) is 5.40. The second kappa shape index (κ2) is 6.58. The summed E-state index contributed by atoms with van der Waals surface area (Å²) in [7, 11) is 3.37. The lowest BCUT2D eigenvalue weighted by Crippen LogP contribution is -2.47. The molecule has 6 heteroatoms. The number of urea groups is 1. The molecule has 6 nitrogen and oxygen atoms in total. The lowest BCUT2D eigenvalue weighted by atomic mass is 9.80. The summed E-state index contributed by atoms with van der Waals surface area (Å²) in [6.07, 6.45) is 1.73. The van der Waals surface area contributed by atoms with Crippen molar-refractivity contribution >= 4 is 11.9 Å². The normalized spacial score (nSPS) is 17.9. The van der Waals surface area contributed by atoms with E-state index in [1.165, 1.54) is 4.90 Å². The lowest BCUT2D eigenvalue weighted by Gasteiger charge is -2.32. The summed E-state index contributed by atoms with van der Waals surface area (Å²) in [6, 6.07) is -0.141. The standard InChI is InChI=1S/C12H24N4O2/c1-12(4-6-13-7-5-12)10(17)14-8-9-15-11(18)16(2)3/h13H,4-9H2,1-3H3,(H,14,17)(H,15,18). The Bertz CT molecular complexity index is 298. The molecule has 1 fully saturated rings.